The van der Waals surface area contributed by atoms with Crippen molar-refractivity contribution in [3.05, 3.63) is 67.8 Å². The molecule has 146 valence electrons. The number of nitrogens with one attached hydrogen (secondary N) is 1. The molecule has 0 unspecified atom stereocenters. The maximum atomic E-state index is 14.8. The average molecular weight is 403 g/mol. The van der Waals surface area contributed by atoms with Gasteiger partial charge in [0.1, 0.15) is 17.2 Å². The van der Waals surface area contributed by atoms with E-state index in [1.54, 1.807) is 26.0 Å². The van der Waals surface area contributed by atoms with Gasteiger partial charge in [-0.15, -0.1) is 11.3 Å². The van der Waals surface area contributed by atoms with E-state index >= 15 is 0 Å². The third kappa shape index (κ3) is 3.11. The summed E-state index contributed by atoms with van der Waals surface area (Å²) >= 11 is 1.23. The molecule has 28 heavy (non-hydrogen) atoms. The highest BCUT2D eigenvalue weighted by Crippen LogP contribution is 2.50. The molecule has 0 bridgehead atoms. The van der Waals surface area contributed by atoms with Crippen molar-refractivity contribution in [1.82, 2.24) is 14.7 Å². The Morgan fingerprint density at radius 3 is 2.82 bits per heavy atom. The van der Waals surface area contributed by atoms with Crippen molar-refractivity contribution >= 4 is 22.2 Å². The molecule has 1 fully saturated rings. The summed E-state index contributed by atoms with van der Waals surface area (Å²) in [5.74, 6) is -0.908. The average Bonchev–Trinajstić information content (AvgIpc) is 3.28. The molecule has 0 atom stereocenters. The van der Waals surface area contributed by atoms with Crippen LogP contribution >= 0.6 is 11.3 Å². The summed E-state index contributed by atoms with van der Waals surface area (Å²) in [6.45, 7) is 4.00. The molecule has 2 heterocycles. The Morgan fingerprint density at radius 2 is 2.14 bits per heavy atom. The molecule has 0 saturated heterocycles. The summed E-state index contributed by atoms with van der Waals surface area (Å²) in [5, 5.41) is 2.69. The van der Waals surface area contributed by atoms with Crippen molar-refractivity contribution in [3.8, 4) is 0 Å². The van der Waals surface area contributed by atoms with E-state index in [1.165, 1.54) is 27.9 Å². The molecule has 0 radical (unpaired) electrons. The first-order valence-electron chi connectivity index (χ1n) is 9.11. The number of aromatic nitrogens is 2. The SMILES string of the molecule is CCNC(=O)c1c(C)sc2nc(Cc3cccc(C4(F)CC4)c3F)cc(=O)n12. The van der Waals surface area contributed by atoms with Crippen molar-refractivity contribution in [2.45, 2.75) is 38.8 Å². The predicted octanol–water partition coefficient (Wildman–Crippen LogP) is 3.50. The molecule has 4 rings (SSSR count). The fourth-order valence-electron chi connectivity index (χ4n) is 3.36. The third-order valence-electron chi connectivity index (χ3n) is 4.92. The van der Waals surface area contributed by atoms with Crippen LogP contribution in [0.5, 0.6) is 0 Å². The Morgan fingerprint density at radius 1 is 1.39 bits per heavy atom. The number of hydrogen-bond donors (Lipinski definition) is 1. The largest absolute Gasteiger partial charge is 0.351 e. The standard InChI is InChI=1S/C20H19F2N3O2S/c1-3-23-18(27)17-11(2)28-19-24-13(10-15(26)25(17)19)9-12-5-4-6-14(16(12)21)20(22)7-8-20/h4-6,10H,3,7-9H2,1-2H3,(H,23,27). The fraction of sp³-hybridized carbons (Fsp3) is 0.350. The summed E-state index contributed by atoms with van der Waals surface area (Å²) in [7, 11) is 0. The second-order valence-electron chi connectivity index (χ2n) is 6.99. The first-order valence-corrected chi connectivity index (χ1v) is 9.93. The van der Waals surface area contributed by atoms with E-state index < -0.39 is 17.0 Å². The van der Waals surface area contributed by atoms with Crippen molar-refractivity contribution in [3.63, 3.8) is 0 Å². The highest BCUT2D eigenvalue weighted by Gasteiger charge is 2.47. The van der Waals surface area contributed by atoms with Gasteiger partial charge in [-0.2, -0.15) is 0 Å². The van der Waals surface area contributed by atoms with Crippen LogP contribution in [0.4, 0.5) is 8.78 Å². The van der Waals surface area contributed by atoms with Crippen LogP contribution in [0.15, 0.2) is 29.1 Å². The van der Waals surface area contributed by atoms with E-state index in [0.29, 0.717) is 40.5 Å². The van der Waals surface area contributed by atoms with Gasteiger partial charge >= 0.3 is 0 Å². The summed E-state index contributed by atoms with van der Waals surface area (Å²) in [4.78, 5) is 30.4. The molecule has 1 aliphatic rings. The number of carbonyl (C=O) groups excluding carboxylic acids is 1. The molecule has 1 amide bonds. The highest BCUT2D eigenvalue weighted by molar-refractivity contribution is 7.17. The Balaban J connectivity index is 1.74. The van der Waals surface area contributed by atoms with Gasteiger partial charge in [0.25, 0.3) is 11.5 Å². The van der Waals surface area contributed by atoms with E-state index in [0.717, 1.165) is 0 Å². The van der Waals surface area contributed by atoms with Crippen molar-refractivity contribution < 1.29 is 13.6 Å². The molecule has 3 aromatic rings. The topological polar surface area (TPSA) is 63.5 Å². The van der Waals surface area contributed by atoms with E-state index in [4.69, 9.17) is 0 Å². The van der Waals surface area contributed by atoms with Crippen LogP contribution in [0.2, 0.25) is 0 Å². The summed E-state index contributed by atoms with van der Waals surface area (Å²) < 4.78 is 30.4. The predicted molar refractivity (Wildman–Crippen MR) is 103 cm³/mol. The van der Waals surface area contributed by atoms with E-state index in [1.807, 2.05) is 0 Å². The molecule has 0 aliphatic heterocycles. The summed E-state index contributed by atoms with van der Waals surface area (Å²) in [5.41, 5.74) is -0.932. The van der Waals surface area contributed by atoms with Gasteiger partial charge in [0.2, 0.25) is 0 Å². The fourth-order valence-corrected chi connectivity index (χ4v) is 4.35. The van der Waals surface area contributed by atoms with Gasteiger partial charge in [-0.1, -0.05) is 18.2 Å². The van der Waals surface area contributed by atoms with E-state index in [9.17, 15) is 18.4 Å². The minimum atomic E-state index is -1.57. The lowest BCUT2D eigenvalue weighted by molar-refractivity contribution is 0.0949. The number of amides is 1. The molecular weight excluding hydrogens is 384 g/mol. The van der Waals surface area contributed by atoms with Crippen LogP contribution in [0, 0.1) is 12.7 Å². The Kier molecular flexibility index (Phi) is 4.53. The van der Waals surface area contributed by atoms with E-state index in [2.05, 4.69) is 10.3 Å². The summed E-state index contributed by atoms with van der Waals surface area (Å²) in [6, 6.07) is 5.98. The molecule has 2 aromatic heterocycles. The zero-order valence-electron chi connectivity index (χ0n) is 15.5. The Labute approximate surface area is 164 Å². The van der Waals surface area contributed by atoms with Gasteiger partial charge in [0, 0.05) is 29.5 Å². The molecule has 1 aliphatic carbocycles. The first kappa shape index (κ1) is 18.7. The number of hydrogen-bond acceptors (Lipinski definition) is 4. The number of carbonyl (C=O) groups is 1. The van der Waals surface area contributed by atoms with Crippen molar-refractivity contribution in [1.29, 1.82) is 0 Å². The third-order valence-corrected chi connectivity index (χ3v) is 5.87. The zero-order valence-corrected chi connectivity index (χ0v) is 16.3. The lowest BCUT2D eigenvalue weighted by Crippen LogP contribution is -2.28. The maximum Gasteiger partial charge on any atom is 0.269 e. The van der Waals surface area contributed by atoms with Crippen LogP contribution in [-0.2, 0) is 12.1 Å². The maximum absolute atomic E-state index is 14.8. The van der Waals surface area contributed by atoms with Gasteiger partial charge in [-0.05, 0) is 32.3 Å². The second kappa shape index (κ2) is 6.77. The van der Waals surface area contributed by atoms with Crippen molar-refractivity contribution in [2.24, 2.45) is 0 Å². The normalized spacial score (nSPS) is 15.0. The number of rotatable bonds is 5. The Bertz CT molecular complexity index is 1150. The number of fused-ring (bicyclic) bond motifs is 1. The number of halogens is 2. The molecule has 8 heteroatoms. The summed E-state index contributed by atoms with van der Waals surface area (Å²) in [6.07, 6.45) is 0.737. The smallest absolute Gasteiger partial charge is 0.269 e. The van der Waals surface area contributed by atoms with E-state index in [-0.39, 0.29) is 23.6 Å². The first-order chi connectivity index (χ1) is 13.3. The highest BCUT2D eigenvalue weighted by atomic mass is 32.1. The molecule has 5 nitrogen and oxygen atoms in total. The lowest BCUT2D eigenvalue weighted by atomic mass is 10.0. The van der Waals surface area contributed by atoms with Crippen molar-refractivity contribution in [2.75, 3.05) is 6.54 Å². The number of thiazole rings is 1. The monoisotopic (exact) mass is 403 g/mol. The van der Waals surface area contributed by atoms with Crippen LogP contribution < -0.4 is 10.9 Å². The number of benzene rings is 1. The molecule has 1 saturated carbocycles. The minimum absolute atomic E-state index is 0.0771. The molecule has 1 N–H and O–H groups in total. The minimum Gasteiger partial charge on any atom is -0.351 e. The van der Waals surface area contributed by atoms with Gasteiger partial charge in [-0.25, -0.2) is 18.2 Å². The lowest BCUT2D eigenvalue weighted by Gasteiger charge is -2.11. The molecule has 0 spiro atoms. The number of nitrogens with zero attached hydrogens (tertiary/aromatic N) is 2. The second-order valence-corrected chi connectivity index (χ2v) is 8.17. The molecular formula is C20H19F2N3O2S. The van der Waals surface area contributed by atoms with Crippen LogP contribution in [0.25, 0.3) is 4.96 Å². The zero-order chi connectivity index (χ0) is 20.1. The number of aryl methyl sites for hydroxylation is 1. The van der Waals surface area contributed by atoms with Crippen LogP contribution in [0.3, 0.4) is 0 Å². The van der Waals surface area contributed by atoms with Crippen LogP contribution in [-0.4, -0.2) is 21.8 Å². The quantitative estimate of drug-likeness (QED) is 0.709. The van der Waals surface area contributed by atoms with Gasteiger partial charge in [0.15, 0.2) is 4.96 Å². The van der Waals surface area contributed by atoms with Crippen LogP contribution in [0.1, 0.15) is 52.0 Å². The molecule has 1 aromatic carbocycles. The van der Waals surface area contributed by atoms with Gasteiger partial charge in [0.05, 0.1) is 5.69 Å². The van der Waals surface area contributed by atoms with Gasteiger partial charge < -0.3 is 5.32 Å². The Hall–Kier alpha value is -2.61. The van der Waals surface area contributed by atoms with Gasteiger partial charge in [-0.3, -0.25) is 9.59 Å². The number of alkyl halides is 1.